The van der Waals surface area contributed by atoms with Gasteiger partial charge in [-0.05, 0) is 56.1 Å². The largest absolute Gasteiger partial charge is 0.342 e. The van der Waals surface area contributed by atoms with Crippen LogP contribution >= 0.6 is 11.8 Å². The minimum Gasteiger partial charge on any atom is -0.342 e. The van der Waals surface area contributed by atoms with Gasteiger partial charge in [-0.15, -0.1) is 0 Å². The van der Waals surface area contributed by atoms with E-state index in [1.807, 2.05) is 26.1 Å². The Labute approximate surface area is 170 Å². The zero-order valence-electron chi connectivity index (χ0n) is 16.9. The Bertz CT molecular complexity index is 919. The van der Waals surface area contributed by atoms with E-state index in [2.05, 4.69) is 21.8 Å². The van der Waals surface area contributed by atoms with E-state index in [1.54, 1.807) is 17.0 Å². The van der Waals surface area contributed by atoms with Gasteiger partial charge in [0.15, 0.2) is 0 Å². The summed E-state index contributed by atoms with van der Waals surface area (Å²) in [5.74, 6) is 1.47. The fourth-order valence-electron chi connectivity index (χ4n) is 4.91. The average Bonchev–Trinajstić information content (AvgIpc) is 2.95. The van der Waals surface area contributed by atoms with E-state index < -0.39 is 0 Å². The van der Waals surface area contributed by atoms with Crippen LogP contribution in [0.2, 0.25) is 0 Å². The van der Waals surface area contributed by atoms with Crippen LogP contribution in [0.3, 0.4) is 0 Å². The van der Waals surface area contributed by atoms with E-state index in [4.69, 9.17) is 5.73 Å². The maximum absolute atomic E-state index is 12.9. The van der Waals surface area contributed by atoms with Crippen LogP contribution in [0.5, 0.6) is 0 Å². The van der Waals surface area contributed by atoms with Gasteiger partial charge in [-0.2, -0.15) is 0 Å². The quantitative estimate of drug-likeness (QED) is 0.855. The molecule has 28 heavy (non-hydrogen) atoms. The van der Waals surface area contributed by atoms with Gasteiger partial charge in [-0.1, -0.05) is 18.7 Å². The van der Waals surface area contributed by atoms with Gasteiger partial charge in [-0.25, -0.2) is 4.98 Å². The van der Waals surface area contributed by atoms with Crippen molar-refractivity contribution in [1.29, 1.82) is 0 Å². The maximum Gasteiger partial charge on any atom is 0.268 e. The number of aryl methyl sites for hydroxylation is 1. The number of hydrogen-bond donors (Lipinski definition) is 1. The highest BCUT2D eigenvalue weighted by Gasteiger charge is 2.45. The fourth-order valence-corrected chi connectivity index (χ4v) is 5.83. The van der Waals surface area contributed by atoms with E-state index in [9.17, 15) is 4.79 Å². The minimum atomic E-state index is -0.00951. The summed E-state index contributed by atoms with van der Waals surface area (Å²) < 4.78 is 1.68. The summed E-state index contributed by atoms with van der Waals surface area (Å²) in [6.45, 7) is 6.09. The number of hydrogen-bond acceptors (Lipinski definition) is 6. The molecule has 2 aromatic rings. The molecular weight excluding hydrogens is 370 g/mol. The third-order valence-electron chi connectivity index (χ3n) is 6.53. The van der Waals surface area contributed by atoms with Crippen LogP contribution in [0.25, 0.3) is 0 Å². The van der Waals surface area contributed by atoms with Crippen molar-refractivity contribution in [2.45, 2.75) is 55.4 Å². The van der Waals surface area contributed by atoms with Crippen molar-refractivity contribution in [3.05, 3.63) is 40.6 Å². The summed E-state index contributed by atoms with van der Waals surface area (Å²) in [5, 5.41) is 0. The molecule has 2 fully saturated rings. The molecule has 0 bridgehead atoms. The molecule has 3 heterocycles. The van der Waals surface area contributed by atoms with Crippen molar-refractivity contribution in [2.75, 3.05) is 18.0 Å². The van der Waals surface area contributed by atoms with Crippen molar-refractivity contribution in [2.24, 2.45) is 24.1 Å². The maximum atomic E-state index is 12.9. The fraction of sp³-hybridized carbons (Fsp3) is 0.571. The van der Waals surface area contributed by atoms with Crippen LogP contribution in [-0.4, -0.2) is 33.7 Å². The van der Waals surface area contributed by atoms with Gasteiger partial charge in [0.25, 0.3) is 5.56 Å². The Hall–Kier alpha value is -1.86. The van der Waals surface area contributed by atoms with Gasteiger partial charge in [-0.3, -0.25) is 14.3 Å². The number of pyridine rings is 1. The lowest BCUT2D eigenvalue weighted by molar-refractivity contribution is 0.192. The smallest absolute Gasteiger partial charge is 0.268 e. The third-order valence-corrected chi connectivity index (χ3v) is 7.68. The molecule has 2 N–H and O–H groups in total. The Balaban J connectivity index is 1.52. The van der Waals surface area contributed by atoms with E-state index in [1.165, 1.54) is 18.2 Å². The number of nitrogens with two attached hydrogens (primary N) is 1. The monoisotopic (exact) mass is 399 g/mol. The number of rotatable bonds is 3. The van der Waals surface area contributed by atoms with E-state index in [0.29, 0.717) is 10.9 Å². The lowest BCUT2D eigenvalue weighted by Crippen LogP contribution is -2.48. The lowest BCUT2D eigenvalue weighted by Gasteiger charge is -2.42. The van der Waals surface area contributed by atoms with Crippen molar-refractivity contribution in [3.8, 4) is 0 Å². The van der Waals surface area contributed by atoms with Crippen LogP contribution in [0.15, 0.2) is 39.1 Å². The summed E-state index contributed by atoms with van der Waals surface area (Å²) in [7, 11) is 1.82. The molecule has 1 saturated heterocycles. The second kappa shape index (κ2) is 7.52. The van der Waals surface area contributed by atoms with Crippen LogP contribution in [0.1, 0.15) is 38.3 Å². The molecule has 6 nitrogen and oxygen atoms in total. The van der Waals surface area contributed by atoms with Crippen LogP contribution in [-0.2, 0) is 7.05 Å². The first kappa shape index (κ1) is 19.5. The Morgan fingerprint density at radius 3 is 2.64 bits per heavy atom. The Kier molecular flexibility index (Phi) is 5.22. The Morgan fingerprint density at radius 2 is 2.00 bits per heavy atom. The molecule has 2 atom stereocenters. The van der Waals surface area contributed by atoms with Crippen molar-refractivity contribution >= 4 is 17.7 Å². The van der Waals surface area contributed by atoms with Gasteiger partial charge in [0.05, 0.1) is 16.8 Å². The van der Waals surface area contributed by atoms with Gasteiger partial charge in [0.2, 0.25) is 5.95 Å². The molecule has 2 aliphatic rings. The molecule has 1 spiro atoms. The highest BCUT2D eigenvalue weighted by molar-refractivity contribution is 7.99. The molecule has 1 aliphatic heterocycles. The molecule has 4 rings (SSSR count). The molecule has 1 saturated carbocycles. The van der Waals surface area contributed by atoms with Crippen molar-refractivity contribution in [1.82, 2.24) is 14.5 Å². The van der Waals surface area contributed by atoms with Gasteiger partial charge in [0.1, 0.15) is 0 Å². The Morgan fingerprint density at radius 1 is 1.25 bits per heavy atom. The molecule has 0 radical (unpaired) electrons. The first-order valence-corrected chi connectivity index (χ1v) is 10.9. The topological polar surface area (TPSA) is 77.0 Å². The first-order chi connectivity index (χ1) is 13.4. The lowest BCUT2D eigenvalue weighted by atomic mass is 9.74. The highest BCUT2D eigenvalue weighted by atomic mass is 32.2. The molecule has 0 unspecified atom stereocenters. The number of nitrogens with zero attached hydrogens (tertiary/aromatic N) is 4. The highest BCUT2D eigenvalue weighted by Crippen LogP contribution is 2.48. The predicted octanol–water partition coefficient (Wildman–Crippen LogP) is 2.98. The van der Waals surface area contributed by atoms with E-state index >= 15 is 0 Å². The number of aromatic nitrogens is 3. The van der Waals surface area contributed by atoms with Gasteiger partial charge >= 0.3 is 0 Å². The standard InChI is InChI=1S/C21H29N5OS/c1-14-11-18(22)21(12-14)6-9-26(10-7-21)20-24-13-17(19(27)25(20)3)28-16-5-4-8-23-15(16)2/h4-5,8,13-14,18H,6-7,9-12,22H2,1-3H3/t14-,18+/m0/s1. The summed E-state index contributed by atoms with van der Waals surface area (Å²) in [4.78, 5) is 25.7. The third kappa shape index (κ3) is 3.46. The summed E-state index contributed by atoms with van der Waals surface area (Å²) >= 11 is 1.43. The second-order valence-corrected chi connectivity index (χ2v) is 9.56. The van der Waals surface area contributed by atoms with E-state index in [-0.39, 0.29) is 11.0 Å². The molecule has 0 amide bonds. The molecular formula is C21H29N5OS. The summed E-state index contributed by atoms with van der Waals surface area (Å²) in [5.41, 5.74) is 7.67. The molecule has 7 heteroatoms. The van der Waals surface area contributed by atoms with Crippen LogP contribution in [0.4, 0.5) is 5.95 Å². The molecule has 2 aromatic heterocycles. The predicted molar refractivity (Wildman–Crippen MR) is 113 cm³/mol. The molecule has 1 aliphatic carbocycles. The minimum absolute atomic E-state index is 0.00951. The van der Waals surface area contributed by atoms with Gasteiger partial charge in [0, 0.05) is 37.3 Å². The van der Waals surface area contributed by atoms with E-state index in [0.717, 1.165) is 54.8 Å². The number of anilines is 1. The molecule has 150 valence electrons. The first-order valence-electron chi connectivity index (χ1n) is 10.1. The zero-order chi connectivity index (χ0) is 19.9. The normalized spacial score (nSPS) is 24.1. The zero-order valence-corrected chi connectivity index (χ0v) is 17.7. The number of piperidine rings is 1. The van der Waals surface area contributed by atoms with Crippen LogP contribution in [0, 0.1) is 18.3 Å². The summed E-state index contributed by atoms with van der Waals surface area (Å²) in [6.07, 6.45) is 8.01. The second-order valence-electron chi connectivity index (χ2n) is 8.48. The summed E-state index contributed by atoms with van der Waals surface area (Å²) in [6, 6.07) is 4.18. The van der Waals surface area contributed by atoms with Crippen molar-refractivity contribution in [3.63, 3.8) is 0 Å². The average molecular weight is 400 g/mol. The SMILES string of the molecule is Cc1ncccc1Sc1cnc(N2CCC3(CC2)C[C@@H](C)C[C@H]3N)n(C)c1=O. The molecule has 0 aromatic carbocycles. The van der Waals surface area contributed by atoms with Gasteiger partial charge < -0.3 is 10.6 Å². The van der Waals surface area contributed by atoms with Crippen LogP contribution < -0.4 is 16.2 Å². The van der Waals surface area contributed by atoms with Crippen molar-refractivity contribution < 1.29 is 0 Å².